The van der Waals surface area contributed by atoms with Crippen molar-refractivity contribution in [1.29, 1.82) is 0 Å². The second-order valence-corrected chi connectivity index (χ2v) is 8.11. The summed E-state index contributed by atoms with van der Waals surface area (Å²) in [6.45, 7) is 7.46. The third-order valence-corrected chi connectivity index (χ3v) is 5.98. The van der Waals surface area contributed by atoms with Crippen LogP contribution in [0.15, 0.2) is 58.2 Å². The lowest BCUT2D eigenvalue weighted by Crippen LogP contribution is -2.46. The molecule has 1 aliphatic heterocycles. The molecule has 0 spiro atoms. The SMILES string of the molecule is CCN1CCN(c2ccc(NC(=O)CSc3nnc(-c4ccc(F)cc4)o3)cc2)CC1. The number of benzene rings is 2. The molecular formula is C22H24FN5O2S. The minimum Gasteiger partial charge on any atom is -0.411 e. The van der Waals surface area contributed by atoms with Gasteiger partial charge in [0.2, 0.25) is 11.8 Å². The van der Waals surface area contributed by atoms with E-state index in [0.717, 1.165) is 50.2 Å². The Hall–Kier alpha value is -2.91. The van der Waals surface area contributed by atoms with E-state index >= 15 is 0 Å². The van der Waals surface area contributed by atoms with Crippen molar-refractivity contribution in [3.63, 3.8) is 0 Å². The molecular weight excluding hydrogens is 417 g/mol. The lowest BCUT2D eigenvalue weighted by Gasteiger charge is -2.35. The number of hydrogen-bond acceptors (Lipinski definition) is 7. The van der Waals surface area contributed by atoms with Crippen LogP contribution in [0.5, 0.6) is 0 Å². The summed E-state index contributed by atoms with van der Waals surface area (Å²) in [5, 5.41) is 11.0. The Balaban J connectivity index is 1.26. The molecule has 1 aromatic heterocycles. The van der Waals surface area contributed by atoms with E-state index in [4.69, 9.17) is 4.42 Å². The molecule has 4 rings (SSSR count). The summed E-state index contributed by atoms with van der Waals surface area (Å²) in [6, 6.07) is 13.7. The van der Waals surface area contributed by atoms with Gasteiger partial charge in [-0.25, -0.2) is 4.39 Å². The van der Waals surface area contributed by atoms with E-state index in [1.54, 1.807) is 12.1 Å². The predicted molar refractivity (Wildman–Crippen MR) is 120 cm³/mol. The lowest BCUT2D eigenvalue weighted by molar-refractivity contribution is -0.113. The number of halogens is 1. The Morgan fingerprint density at radius 2 is 1.77 bits per heavy atom. The van der Waals surface area contributed by atoms with Gasteiger partial charge < -0.3 is 19.5 Å². The molecule has 9 heteroatoms. The first-order valence-corrected chi connectivity index (χ1v) is 11.2. The average molecular weight is 442 g/mol. The Kier molecular flexibility index (Phi) is 6.83. The van der Waals surface area contributed by atoms with Gasteiger partial charge >= 0.3 is 0 Å². The second-order valence-electron chi connectivity index (χ2n) is 7.19. The van der Waals surface area contributed by atoms with Crippen molar-refractivity contribution in [3.05, 3.63) is 54.3 Å². The summed E-state index contributed by atoms with van der Waals surface area (Å²) in [4.78, 5) is 17.1. The molecule has 0 aliphatic carbocycles. The standard InChI is InChI=1S/C22H24FN5O2S/c1-2-27-11-13-28(14-12-27)19-9-7-18(8-10-19)24-20(29)15-31-22-26-25-21(30-22)16-3-5-17(23)6-4-16/h3-10H,2,11-15H2,1H3,(H,24,29). The van der Waals surface area contributed by atoms with Gasteiger partial charge in [0.05, 0.1) is 5.75 Å². The molecule has 1 aliphatic rings. The molecule has 3 aromatic rings. The van der Waals surface area contributed by atoms with E-state index in [1.807, 2.05) is 24.3 Å². The Bertz CT molecular complexity index is 1000. The highest BCUT2D eigenvalue weighted by Gasteiger charge is 2.16. The first kappa shape index (κ1) is 21.3. The number of amides is 1. The van der Waals surface area contributed by atoms with E-state index in [9.17, 15) is 9.18 Å². The van der Waals surface area contributed by atoms with E-state index < -0.39 is 0 Å². The number of hydrogen-bond donors (Lipinski definition) is 1. The van der Waals surface area contributed by atoms with Gasteiger partial charge in [-0.15, -0.1) is 10.2 Å². The zero-order valence-corrected chi connectivity index (χ0v) is 18.1. The Labute approximate surface area is 184 Å². The first-order chi connectivity index (χ1) is 15.1. The van der Waals surface area contributed by atoms with E-state index in [2.05, 4.69) is 32.2 Å². The molecule has 0 radical (unpaired) electrons. The third-order valence-electron chi connectivity index (χ3n) is 5.16. The number of nitrogens with zero attached hydrogens (tertiary/aromatic N) is 4. The highest BCUT2D eigenvalue weighted by Crippen LogP contribution is 2.24. The molecule has 0 bridgehead atoms. The maximum atomic E-state index is 13.0. The van der Waals surface area contributed by atoms with E-state index in [1.165, 1.54) is 17.8 Å². The van der Waals surface area contributed by atoms with Crippen molar-refractivity contribution in [2.24, 2.45) is 0 Å². The number of nitrogens with one attached hydrogen (secondary N) is 1. The molecule has 0 unspecified atom stereocenters. The Morgan fingerprint density at radius 3 is 2.45 bits per heavy atom. The van der Waals surface area contributed by atoms with Crippen molar-refractivity contribution in [2.45, 2.75) is 12.1 Å². The number of rotatable bonds is 7. The summed E-state index contributed by atoms with van der Waals surface area (Å²) < 4.78 is 18.6. The van der Waals surface area contributed by atoms with Crippen LogP contribution in [-0.4, -0.2) is 59.5 Å². The topological polar surface area (TPSA) is 74.5 Å². The molecule has 7 nitrogen and oxygen atoms in total. The molecule has 1 fully saturated rings. The minimum absolute atomic E-state index is 0.145. The predicted octanol–water partition coefficient (Wildman–Crippen LogP) is 3.75. The van der Waals surface area contributed by atoms with Crippen LogP contribution < -0.4 is 10.2 Å². The van der Waals surface area contributed by atoms with Crippen molar-refractivity contribution in [3.8, 4) is 11.5 Å². The molecule has 2 heterocycles. The van der Waals surface area contributed by atoms with Gasteiger partial charge in [0.25, 0.3) is 5.22 Å². The Morgan fingerprint density at radius 1 is 1.06 bits per heavy atom. The normalized spacial score (nSPS) is 14.6. The van der Waals surface area contributed by atoms with Crippen molar-refractivity contribution in [1.82, 2.24) is 15.1 Å². The summed E-state index contributed by atoms with van der Waals surface area (Å²) in [6.07, 6.45) is 0. The first-order valence-electron chi connectivity index (χ1n) is 10.2. The fraction of sp³-hybridized carbons (Fsp3) is 0.318. The summed E-state index contributed by atoms with van der Waals surface area (Å²) in [7, 11) is 0. The smallest absolute Gasteiger partial charge is 0.277 e. The summed E-state index contributed by atoms with van der Waals surface area (Å²) >= 11 is 1.16. The second kappa shape index (κ2) is 9.93. The van der Waals surface area contributed by atoms with Crippen LogP contribution in [0, 0.1) is 5.82 Å². The van der Waals surface area contributed by atoms with Crippen LogP contribution in [0.3, 0.4) is 0 Å². The fourth-order valence-electron chi connectivity index (χ4n) is 3.38. The zero-order valence-electron chi connectivity index (χ0n) is 17.3. The van der Waals surface area contributed by atoms with Crippen LogP contribution >= 0.6 is 11.8 Å². The molecule has 1 amide bonds. The molecule has 0 saturated carbocycles. The maximum absolute atomic E-state index is 13.0. The summed E-state index contributed by atoms with van der Waals surface area (Å²) in [5.41, 5.74) is 2.54. The van der Waals surface area contributed by atoms with Gasteiger partial charge in [0.1, 0.15) is 5.82 Å². The monoisotopic (exact) mass is 441 g/mol. The molecule has 0 atom stereocenters. The lowest BCUT2D eigenvalue weighted by atomic mass is 10.2. The highest BCUT2D eigenvalue weighted by molar-refractivity contribution is 7.99. The maximum Gasteiger partial charge on any atom is 0.277 e. The van der Waals surface area contributed by atoms with Crippen molar-refractivity contribution < 1.29 is 13.6 Å². The number of likely N-dealkylation sites (N-methyl/N-ethyl adjacent to an activating group) is 1. The molecule has 1 saturated heterocycles. The van der Waals surface area contributed by atoms with Gasteiger partial charge in [-0.3, -0.25) is 4.79 Å². The van der Waals surface area contributed by atoms with Crippen LogP contribution in [0.25, 0.3) is 11.5 Å². The highest BCUT2D eigenvalue weighted by atomic mass is 32.2. The van der Waals surface area contributed by atoms with Crippen LogP contribution in [0.1, 0.15) is 6.92 Å². The van der Waals surface area contributed by atoms with E-state index in [0.29, 0.717) is 11.5 Å². The van der Waals surface area contributed by atoms with Crippen LogP contribution in [0.2, 0.25) is 0 Å². The number of anilines is 2. The zero-order chi connectivity index (χ0) is 21.6. The number of piperazine rings is 1. The largest absolute Gasteiger partial charge is 0.411 e. The third kappa shape index (κ3) is 5.62. The van der Waals surface area contributed by atoms with Gasteiger partial charge in [-0.1, -0.05) is 18.7 Å². The van der Waals surface area contributed by atoms with E-state index in [-0.39, 0.29) is 22.7 Å². The fourth-order valence-corrected chi connectivity index (χ4v) is 3.94. The number of carbonyl (C=O) groups excluding carboxylic acids is 1. The molecule has 162 valence electrons. The molecule has 31 heavy (non-hydrogen) atoms. The van der Waals surface area contributed by atoms with Gasteiger partial charge in [0.15, 0.2) is 0 Å². The number of carbonyl (C=O) groups is 1. The number of aromatic nitrogens is 2. The van der Waals surface area contributed by atoms with Gasteiger partial charge in [0, 0.05) is 43.1 Å². The molecule has 1 N–H and O–H groups in total. The van der Waals surface area contributed by atoms with Crippen LogP contribution in [0.4, 0.5) is 15.8 Å². The van der Waals surface area contributed by atoms with Gasteiger partial charge in [-0.05, 0) is 55.1 Å². The number of thioether (sulfide) groups is 1. The quantitative estimate of drug-likeness (QED) is 0.560. The van der Waals surface area contributed by atoms with Crippen molar-refractivity contribution in [2.75, 3.05) is 48.7 Å². The van der Waals surface area contributed by atoms with Gasteiger partial charge in [-0.2, -0.15) is 0 Å². The summed E-state index contributed by atoms with van der Waals surface area (Å²) in [5.74, 6) is -0.0538. The minimum atomic E-state index is -0.332. The van der Waals surface area contributed by atoms with Crippen LogP contribution in [-0.2, 0) is 4.79 Å². The average Bonchev–Trinajstić information content (AvgIpc) is 3.28. The van der Waals surface area contributed by atoms with Crippen molar-refractivity contribution >= 4 is 29.0 Å². The molecule has 2 aromatic carbocycles.